The molecule has 2 amide bonds. The highest BCUT2D eigenvalue weighted by molar-refractivity contribution is 6.30. The first kappa shape index (κ1) is 17.8. The van der Waals surface area contributed by atoms with E-state index in [4.69, 9.17) is 11.6 Å². The normalized spacial score (nSPS) is 15.3. The Morgan fingerprint density at radius 3 is 2.52 bits per heavy atom. The van der Waals surface area contributed by atoms with E-state index in [-0.39, 0.29) is 11.8 Å². The molecule has 1 fully saturated rings. The highest BCUT2D eigenvalue weighted by Gasteiger charge is 2.56. The molecule has 0 heterocycles. The first-order valence-corrected chi connectivity index (χ1v) is 8.23. The zero-order valence-electron chi connectivity index (χ0n) is 13.9. The minimum Gasteiger partial charge on any atom is -0.355 e. The second-order valence-electron chi connectivity index (χ2n) is 6.41. The molecule has 0 unspecified atom stereocenters. The molecule has 1 aromatic rings. The monoisotopic (exact) mass is 337 g/mol. The van der Waals surface area contributed by atoms with Crippen LogP contribution in [0.4, 0.5) is 5.69 Å². The molecule has 5 nitrogen and oxygen atoms in total. The van der Waals surface area contributed by atoms with Crippen molar-refractivity contribution in [3.05, 3.63) is 28.8 Å². The van der Waals surface area contributed by atoms with Crippen LogP contribution < -0.4 is 10.6 Å². The van der Waals surface area contributed by atoms with Crippen molar-refractivity contribution in [2.45, 2.75) is 26.2 Å². The van der Waals surface area contributed by atoms with Crippen molar-refractivity contribution >= 4 is 29.1 Å². The molecule has 0 radical (unpaired) electrons. The molecule has 1 aliphatic rings. The number of benzene rings is 1. The first-order valence-electron chi connectivity index (χ1n) is 7.86. The van der Waals surface area contributed by atoms with E-state index in [2.05, 4.69) is 15.5 Å². The molecule has 0 saturated heterocycles. The molecule has 1 aliphatic carbocycles. The average molecular weight is 338 g/mol. The Morgan fingerprint density at radius 1 is 1.26 bits per heavy atom. The van der Waals surface area contributed by atoms with Crippen LogP contribution in [-0.2, 0) is 9.59 Å². The van der Waals surface area contributed by atoms with Gasteiger partial charge in [-0.2, -0.15) is 0 Å². The maximum Gasteiger partial charge on any atom is 0.240 e. The number of hydrogen-bond donors (Lipinski definition) is 2. The lowest BCUT2D eigenvalue weighted by molar-refractivity contribution is -0.134. The van der Waals surface area contributed by atoms with Gasteiger partial charge in [-0.1, -0.05) is 11.6 Å². The van der Waals surface area contributed by atoms with E-state index in [9.17, 15) is 9.59 Å². The summed E-state index contributed by atoms with van der Waals surface area (Å²) in [7, 11) is 3.98. The van der Waals surface area contributed by atoms with Crippen molar-refractivity contribution in [3.8, 4) is 0 Å². The van der Waals surface area contributed by atoms with Gasteiger partial charge in [0.1, 0.15) is 5.41 Å². The Hall–Kier alpha value is -1.59. The summed E-state index contributed by atoms with van der Waals surface area (Å²) in [5.41, 5.74) is 0.684. The molecule has 0 bridgehead atoms. The Bertz CT molecular complexity index is 598. The third-order valence-electron chi connectivity index (χ3n) is 4.12. The fraction of sp³-hybridized carbons (Fsp3) is 0.529. The summed E-state index contributed by atoms with van der Waals surface area (Å²) < 4.78 is 0. The number of halogens is 1. The minimum atomic E-state index is -0.899. The van der Waals surface area contributed by atoms with Crippen LogP contribution in [0.5, 0.6) is 0 Å². The summed E-state index contributed by atoms with van der Waals surface area (Å²) >= 11 is 5.92. The molecule has 0 atom stereocenters. The summed E-state index contributed by atoms with van der Waals surface area (Å²) in [4.78, 5) is 26.9. The van der Waals surface area contributed by atoms with Crippen LogP contribution in [0.15, 0.2) is 18.2 Å². The summed E-state index contributed by atoms with van der Waals surface area (Å²) in [6.45, 7) is 3.37. The molecule has 23 heavy (non-hydrogen) atoms. The highest BCUT2D eigenvalue weighted by Crippen LogP contribution is 2.47. The van der Waals surface area contributed by atoms with Crippen LogP contribution in [0.3, 0.4) is 0 Å². The van der Waals surface area contributed by atoms with Gasteiger partial charge in [0.25, 0.3) is 0 Å². The van der Waals surface area contributed by atoms with Crippen molar-refractivity contribution in [3.63, 3.8) is 0 Å². The predicted octanol–water partition coefficient (Wildman–Crippen LogP) is 2.44. The third kappa shape index (κ3) is 4.45. The quantitative estimate of drug-likeness (QED) is 0.593. The zero-order chi connectivity index (χ0) is 17.0. The minimum absolute atomic E-state index is 0.166. The van der Waals surface area contributed by atoms with Gasteiger partial charge in [0.2, 0.25) is 11.8 Å². The van der Waals surface area contributed by atoms with Gasteiger partial charge in [-0.25, -0.2) is 0 Å². The van der Waals surface area contributed by atoms with Crippen molar-refractivity contribution in [1.29, 1.82) is 0 Å². The van der Waals surface area contributed by atoms with E-state index < -0.39 is 5.41 Å². The largest absolute Gasteiger partial charge is 0.355 e. The molecular formula is C17H24ClN3O2. The maximum absolute atomic E-state index is 12.5. The summed E-state index contributed by atoms with van der Waals surface area (Å²) in [6, 6.07) is 5.28. The Morgan fingerprint density at radius 2 is 1.96 bits per heavy atom. The van der Waals surface area contributed by atoms with E-state index in [1.807, 2.05) is 21.0 Å². The average Bonchev–Trinajstić information content (AvgIpc) is 3.28. The second kappa shape index (κ2) is 7.32. The van der Waals surface area contributed by atoms with E-state index in [1.165, 1.54) is 0 Å². The Labute approximate surface area is 142 Å². The van der Waals surface area contributed by atoms with Gasteiger partial charge in [0.15, 0.2) is 0 Å². The Balaban J connectivity index is 1.91. The van der Waals surface area contributed by atoms with Crippen LogP contribution in [0.1, 0.15) is 24.8 Å². The van der Waals surface area contributed by atoms with Crippen LogP contribution in [0.2, 0.25) is 5.02 Å². The highest BCUT2D eigenvalue weighted by atomic mass is 35.5. The van der Waals surface area contributed by atoms with Gasteiger partial charge in [0, 0.05) is 17.3 Å². The van der Waals surface area contributed by atoms with Gasteiger partial charge >= 0.3 is 0 Å². The number of carbonyl (C=O) groups excluding carboxylic acids is 2. The third-order valence-corrected chi connectivity index (χ3v) is 4.36. The van der Waals surface area contributed by atoms with E-state index in [1.54, 1.807) is 18.2 Å². The van der Waals surface area contributed by atoms with Gasteiger partial charge < -0.3 is 15.5 Å². The lowest BCUT2D eigenvalue weighted by atomic mass is 10.0. The smallest absolute Gasteiger partial charge is 0.240 e. The van der Waals surface area contributed by atoms with Crippen LogP contribution >= 0.6 is 11.6 Å². The fourth-order valence-corrected chi connectivity index (χ4v) is 2.68. The number of aryl methyl sites for hydroxylation is 1. The Kier molecular flexibility index (Phi) is 5.65. The molecule has 6 heteroatoms. The number of nitrogens with one attached hydrogen (secondary N) is 2. The molecule has 0 spiro atoms. The predicted molar refractivity (Wildman–Crippen MR) is 92.7 cm³/mol. The molecule has 0 aromatic heterocycles. The topological polar surface area (TPSA) is 61.4 Å². The number of carbonyl (C=O) groups is 2. The molecule has 1 aromatic carbocycles. The standard InChI is InChI=1S/C17H24ClN3O2/c1-12-11-13(18)5-6-14(12)20-16(23)17(7-8-17)15(22)19-9-4-10-21(2)3/h5-6,11H,4,7-10H2,1-3H3,(H,19,22)(H,20,23). The van der Waals surface area contributed by atoms with Gasteiger partial charge in [-0.05, 0) is 70.6 Å². The number of rotatable bonds is 7. The summed E-state index contributed by atoms with van der Waals surface area (Å²) in [5, 5.41) is 6.37. The molecular weight excluding hydrogens is 314 g/mol. The van der Waals surface area contributed by atoms with Crippen molar-refractivity contribution < 1.29 is 9.59 Å². The SMILES string of the molecule is Cc1cc(Cl)ccc1NC(=O)C1(C(=O)NCCCN(C)C)CC1. The van der Waals surface area contributed by atoms with Crippen LogP contribution in [0, 0.1) is 12.3 Å². The number of anilines is 1. The van der Waals surface area contributed by atoms with Crippen LogP contribution in [-0.4, -0.2) is 43.9 Å². The lowest BCUT2D eigenvalue weighted by Gasteiger charge is -2.17. The summed E-state index contributed by atoms with van der Waals surface area (Å²) in [6.07, 6.45) is 2.07. The van der Waals surface area contributed by atoms with Crippen LogP contribution in [0.25, 0.3) is 0 Å². The summed E-state index contributed by atoms with van der Waals surface area (Å²) in [5.74, 6) is -0.395. The van der Waals surface area contributed by atoms with E-state index >= 15 is 0 Å². The lowest BCUT2D eigenvalue weighted by Crippen LogP contribution is -2.40. The van der Waals surface area contributed by atoms with Gasteiger partial charge in [0.05, 0.1) is 0 Å². The van der Waals surface area contributed by atoms with Crippen molar-refractivity contribution in [2.75, 3.05) is 32.5 Å². The number of nitrogens with zero attached hydrogens (tertiary/aromatic N) is 1. The van der Waals surface area contributed by atoms with E-state index in [0.717, 1.165) is 18.5 Å². The maximum atomic E-state index is 12.5. The molecule has 126 valence electrons. The number of hydrogen-bond acceptors (Lipinski definition) is 3. The first-order chi connectivity index (χ1) is 10.8. The molecule has 2 rings (SSSR count). The molecule has 0 aliphatic heterocycles. The molecule has 1 saturated carbocycles. The van der Waals surface area contributed by atoms with Gasteiger partial charge in [-0.15, -0.1) is 0 Å². The van der Waals surface area contributed by atoms with Crippen molar-refractivity contribution in [1.82, 2.24) is 10.2 Å². The zero-order valence-corrected chi connectivity index (χ0v) is 14.7. The second-order valence-corrected chi connectivity index (χ2v) is 6.84. The van der Waals surface area contributed by atoms with Crippen molar-refractivity contribution in [2.24, 2.45) is 5.41 Å². The fourth-order valence-electron chi connectivity index (χ4n) is 2.46. The van der Waals surface area contributed by atoms with E-state index in [0.29, 0.717) is 30.1 Å². The number of amides is 2. The van der Waals surface area contributed by atoms with Gasteiger partial charge in [-0.3, -0.25) is 9.59 Å². The molecule has 2 N–H and O–H groups in total.